The number of phenolic OH excluding ortho intramolecular Hbond substituents is 1. The first kappa shape index (κ1) is 14.7. The molecule has 2 rings (SSSR count). The molecule has 0 saturated carbocycles. The monoisotopic (exact) mass is 286 g/mol. The van der Waals surface area contributed by atoms with Gasteiger partial charge in [0.2, 0.25) is 0 Å². The Morgan fingerprint density at radius 3 is 2.67 bits per heavy atom. The summed E-state index contributed by atoms with van der Waals surface area (Å²) in [5, 5.41) is 14.5. The molecule has 5 heteroatoms. The van der Waals surface area contributed by atoms with Crippen LogP contribution in [0.5, 0.6) is 11.5 Å². The van der Waals surface area contributed by atoms with Gasteiger partial charge in [-0.05, 0) is 49.2 Å². The number of amides is 2. The van der Waals surface area contributed by atoms with Crippen LogP contribution in [0.25, 0.3) is 0 Å². The molecule has 110 valence electrons. The van der Waals surface area contributed by atoms with Crippen molar-refractivity contribution in [2.75, 3.05) is 12.0 Å². The molecule has 0 aromatic heterocycles. The number of benzene rings is 2. The van der Waals surface area contributed by atoms with Gasteiger partial charge in [0.1, 0.15) is 11.5 Å². The highest BCUT2D eigenvalue weighted by atomic mass is 16.5. The lowest BCUT2D eigenvalue weighted by Crippen LogP contribution is -2.31. The number of hydrogen-bond donors (Lipinski definition) is 3. The molecule has 0 bridgehead atoms. The molecule has 2 aromatic carbocycles. The van der Waals surface area contributed by atoms with Gasteiger partial charge in [0, 0.05) is 11.8 Å². The van der Waals surface area contributed by atoms with Crippen molar-refractivity contribution >= 4 is 11.7 Å². The van der Waals surface area contributed by atoms with Crippen LogP contribution in [0.4, 0.5) is 10.5 Å². The lowest BCUT2D eigenvalue weighted by atomic mass is 10.1. The first-order valence-corrected chi connectivity index (χ1v) is 6.58. The van der Waals surface area contributed by atoms with E-state index < -0.39 is 6.03 Å². The molecular weight excluding hydrogens is 268 g/mol. The van der Waals surface area contributed by atoms with Crippen LogP contribution in [0.15, 0.2) is 42.5 Å². The number of aromatic hydroxyl groups is 1. The second kappa shape index (κ2) is 6.65. The van der Waals surface area contributed by atoms with Crippen molar-refractivity contribution in [3.63, 3.8) is 0 Å². The molecule has 2 amide bonds. The van der Waals surface area contributed by atoms with Gasteiger partial charge >= 0.3 is 6.03 Å². The highest BCUT2D eigenvalue weighted by molar-refractivity contribution is 5.89. The average Bonchev–Trinajstić information content (AvgIpc) is 2.43. The van der Waals surface area contributed by atoms with E-state index in [1.807, 2.05) is 32.0 Å². The maximum absolute atomic E-state index is 11.7. The Balaban J connectivity index is 1.80. The zero-order valence-electron chi connectivity index (χ0n) is 12.0. The van der Waals surface area contributed by atoms with Gasteiger partial charge in [-0.3, -0.25) is 0 Å². The maximum atomic E-state index is 11.7. The molecule has 0 unspecified atom stereocenters. The highest BCUT2D eigenvalue weighted by Gasteiger charge is 2.02. The molecule has 3 N–H and O–H groups in total. The standard InChI is InChI=1S/C16H18N2O3/c1-11-6-7-15(8-12(11)2)21-10-17-16(20)18-13-4-3-5-14(19)9-13/h3-9,19H,10H2,1-2H3,(H2,17,18,20). The quantitative estimate of drug-likeness (QED) is 0.756. The van der Waals surface area contributed by atoms with Crippen molar-refractivity contribution < 1.29 is 14.6 Å². The van der Waals surface area contributed by atoms with E-state index >= 15 is 0 Å². The van der Waals surface area contributed by atoms with Crippen molar-refractivity contribution in [1.82, 2.24) is 5.32 Å². The minimum atomic E-state index is -0.399. The van der Waals surface area contributed by atoms with Crippen molar-refractivity contribution in [1.29, 1.82) is 0 Å². The summed E-state index contributed by atoms with van der Waals surface area (Å²) in [6.45, 7) is 4.09. The number of hydrogen-bond acceptors (Lipinski definition) is 3. The summed E-state index contributed by atoms with van der Waals surface area (Å²) in [5.74, 6) is 0.801. The first-order valence-electron chi connectivity index (χ1n) is 6.58. The fourth-order valence-electron chi connectivity index (χ4n) is 1.75. The molecule has 0 aliphatic rings. The molecular formula is C16H18N2O3. The van der Waals surface area contributed by atoms with Crippen LogP contribution in [0.1, 0.15) is 11.1 Å². The van der Waals surface area contributed by atoms with Crippen molar-refractivity contribution in [3.8, 4) is 11.5 Å². The predicted octanol–water partition coefficient (Wildman–Crippen LogP) is 3.17. The SMILES string of the molecule is Cc1ccc(OCNC(=O)Nc2cccc(O)c2)cc1C. The zero-order chi connectivity index (χ0) is 15.2. The van der Waals surface area contributed by atoms with E-state index in [1.54, 1.807) is 12.1 Å². The molecule has 0 aliphatic carbocycles. The van der Waals surface area contributed by atoms with Gasteiger partial charge in [-0.25, -0.2) is 4.79 Å². The number of carbonyl (C=O) groups excluding carboxylic acids is 1. The van der Waals surface area contributed by atoms with Crippen molar-refractivity contribution in [2.45, 2.75) is 13.8 Å². The number of urea groups is 1. The van der Waals surface area contributed by atoms with E-state index in [0.29, 0.717) is 11.4 Å². The van der Waals surface area contributed by atoms with Crippen LogP contribution in [0.3, 0.4) is 0 Å². The van der Waals surface area contributed by atoms with Crippen LogP contribution >= 0.6 is 0 Å². The van der Waals surface area contributed by atoms with Crippen LogP contribution in [-0.2, 0) is 0 Å². The Labute approximate surface area is 123 Å². The molecule has 2 aromatic rings. The maximum Gasteiger partial charge on any atom is 0.321 e. The van der Waals surface area contributed by atoms with Gasteiger partial charge < -0.3 is 20.5 Å². The van der Waals surface area contributed by atoms with E-state index in [2.05, 4.69) is 10.6 Å². The van der Waals surface area contributed by atoms with Crippen molar-refractivity contribution in [2.24, 2.45) is 0 Å². The Kier molecular flexibility index (Phi) is 4.66. The summed E-state index contributed by atoms with van der Waals surface area (Å²) >= 11 is 0. The molecule has 0 spiro atoms. The van der Waals surface area contributed by atoms with Crippen LogP contribution < -0.4 is 15.4 Å². The largest absolute Gasteiger partial charge is 0.508 e. The molecule has 0 saturated heterocycles. The Bertz CT molecular complexity index is 641. The fourth-order valence-corrected chi connectivity index (χ4v) is 1.75. The Morgan fingerprint density at radius 1 is 1.14 bits per heavy atom. The van der Waals surface area contributed by atoms with Gasteiger partial charge in [0.05, 0.1) is 0 Å². The zero-order valence-corrected chi connectivity index (χ0v) is 12.0. The molecule has 0 aliphatic heterocycles. The smallest absolute Gasteiger partial charge is 0.321 e. The van der Waals surface area contributed by atoms with Gasteiger partial charge in [0.25, 0.3) is 0 Å². The van der Waals surface area contributed by atoms with Gasteiger partial charge in [-0.1, -0.05) is 12.1 Å². The van der Waals surface area contributed by atoms with E-state index in [4.69, 9.17) is 4.74 Å². The molecule has 0 radical (unpaired) electrons. The van der Waals surface area contributed by atoms with Gasteiger partial charge in [0.15, 0.2) is 6.73 Å². The number of phenols is 1. The number of ether oxygens (including phenoxy) is 1. The third-order valence-electron chi connectivity index (χ3n) is 3.05. The second-order valence-corrected chi connectivity index (χ2v) is 4.72. The lowest BCUT2D eigenvalue weighted by Gasteiger charge is -2.10. The number of nitrogens with one attached hydrogen (secondary N) is 2. The normalized spacial score (nSPS) is 10.0. The summed E-state index contributed by atoms with van der Waals surface area (Å²) in [6, 6.07) is 11.7. The van der Waals surface area contributed by atoms with E-state index in [0.717, 1.165) is 5.56 Å². The summed E-state index contributed by atoms with van der Waals surface area (Å²) in [7, 11) is 0. The summed E-state index contributed by atoms with van der Waals surface area (Å²) in [6.07, 6.45) is 0. The fraction of sp³-hybridized carbons (Fsp3) is 0.188. The molecule has 0 heterocycles. The Hall–Kier alpha value is -2.69. The second-order valence-electron chi connectivity index (χ2n) is 4.72. The number of anilines is 1. The topological polar surface area (TPSA) is 70.6 Å². The number of rotatable bonds is 4. The highest BCUT2D eigenvalue weighted by Crippen LogP contribution is 2.16. The van der Waals surface area contributed by atoms with E-state index in [9.17, 15) is 9.90 Å². The van der Waals surface area contributed by atoms with E-state index in [1.165, 1.54) is 17.7 Å². The third-order valence-corrected chi connectivity index (χ3v) is 3.05. The molecule has 0 fully saturated rings. The average molecular weight is 286 g/mol. The third kappa shape index (κ3) is 4.42. The summed E-state index contributed by atoms with van der Waals surface area (Å²) < 4.78 is 5.45. The van der Waals surface area contributed by atoms with Crippen molar-refractivity contribution in [3.05, 3.63) is 53.6 Å². The Morgan fingerprint density at radius 2 is 1.95 bits per heavy atom. The molecule has 0 atom stereocenters. The minimum Gasteiger partial charge on any atom is -0.508 e. The van der Waals surface area contributed by atoms with E-state index in [-0.39, 0.29) is 12.5 Å². The van der Waals surface area contributed by atoms with Crippen LogP contribution in [-0.4, -0.2) is 17.9 Å². The van der Waals surface area contributed by atoms with Gasteiger partial charge in [-0.15, -0.1) is 0 Å². The number of carbonyl (C=O) groups is 1. The van der Waals surface area contributed by atoms with Gasteiger partial charge in [-0.2, -0.15) is 0 Å². The first-order chi connectivity index (χ1) is 10.0. The summed E-state index contributed by atoms with van der Waals surface area (Å²) in [5.41, 5.74) is 2.84. The summed E-state index contributed by atoms with van der Waals surface area (Å²) in [4.78, 5) is 11.7. The lowest BCUT2D eigenvalue weighted by molar-refractivity contribution is 0.234. The van der Waals surface area contributed by atoms with Crippen LogP contribution in [0.2, 0.25) is 0 Å². The minimum absolute atomic E-state index is 0.0626. The number of aryl methyl sites for hydroxylation is 2. The predicted molar refractivity (Wildman–Crippen MR) is 81.7 cm³/mol. The molecule has 5 nitrogen and oxygen atoms in total. The molecule has 21 heavy (non-hydrogen) atoms. The van der Waals surface area contributed by atoms with Crippen LogP contribution in [0, 0.1) is 13.8 Å².